The van der Waals surface area contributed by atoms with E-state index in [1.54, 1.807) is 22.6 Å². The highest BCUT2D eigenvalue weighted by Gasteiger charge is 2.13. The molecule has 0 heterocycles. The van der Waals surface area contributed by atoms with Gasteiger partial charge in [-0.05, 0) is 34.7 Å². The van der Waals surface area contributed by atoms with Crippen LogP contribution < -0.4 is 5.32 Å². The first-order valence-corrected chi connectivity index (χ1v) is 5.17. The molecule has 5 nitrogen and oxygen atoms in total. The molecule has 1 aromatic carbocycles. The summed E-state index contributed by atoms with van der Waals surface area (Å²) in [4.78, 5) is 20.9. The van der Waals surface area contributed by atoms with E-state index in [-0.39, 0.29) is 11.3 Å². The monoisotopic (exact) mass is 339 g/mol. The number of aliphatic carboxylic acids is 1. The van der Waals surface area contributed by atoms with Crippen molar-refractivity contribution in [3.8, 4) is 0 Å². The summed E-state index contributed by atoms with van der Waals surface area (Å²) in [5, 5.41) is 19.5. The SMILES string of the molecule is O=C(O)CNc1cc(I)c(C(=O)O)cc1F. The Morgan fingerprint density at radius 3 is 2.50 bits per heavy atom. The molecule has 1 rings (SSSR count). The van der Waals surface area contributed by atoms with Crippen LogP contribution in [0.3, 0.4) is 0 Å². The predicted molar refractivity (Wildman–Crippen MR) is 62.2 cm³/mol. The Morgan fingerprint density at radius 2 is 2.00 bits per heavy atom. The van der Waals surface area contributed by atoms with E-state index in [1.165, 1.54) is 6.07 Å². The lowest BCUT2D eigenvalue weighted by Gasteiger charge is -2.07. The third-order valence-electron chi connectivity index (χ3n) is 1.72. The Bertz CT molecular complexity index is 449. The molecule has 0 atom stereocenters. The molecule has 0 fully saturated rings. The van der Waals surface area contributed by atoms with Gasteiger partial charge in [0.25, 0.3) is 0 Å². The van der Waals surface area contributed by atoms with Gasteiger partial charge >= 0.3 is 11.9 Å². The van der Waals surface area contributed by atoms with Crippen molar-refractivity contribution in [2.24, 2.45) is 0 Å². The first-order chi connectivity index (χ1) is 7.41. The molecule has 0 amide bonds. The van der Waals surface area contributed by atoms with Gasteiger partial charge in [-0.25, -0.2) is 9.18 Å². The first kappa shape index (κ1) is 12.7. The highest BCUT2D eigenvalue weighted by Crippen LogP contribution is 2.21. The van der Waals surface area contributed by atoms with Crippen LogP contribution in [0.4, 0.5) is 10.1 Å². The zero-order chi connectivity index (χ0) is 12.3. The first-order valence-electron chi connectivity index (χ1n) is 4.10. The summed E-state index contributed by atoms with van der Waals surface area (Å²) < 4.78 is 13.7. The summed E-state index contributed by atoms with van der Waals surface area (Å²) in [6, 6.07) is 2.11. The van der Waals surface area contributed by atoms with Crippen molar-refractivity contribution in [2.45, 2.75) is 0 Å². The Balaban J connectivity index is 3.01. The highest BCUT2D eigenvalue weighted by atomic mass is 127. The van der Waals surface area contributed by atoms with E-state index >= 15 is 0 Å². The molecule has 0 aromatic heterocycles. The number of benzene rings is 1. The van der Waals surface area contributed by atoms with Crippen LogP contribution in [0, 0.1) is 9.39 Å². The van der Waals surface area contributed by atoms with E-state index in [9.17, 15) is 14.0 Å². The van der Waals surface area contributed by atoms with Gasteiger partial charge in [0.1, 0.15) is 12.4 Å². The Labute approximate surface area is 103 Å². The number of halogens is 2. The summed E-state index contributed by atoms with van der Waals surface area (Å²) in [5.41, 5.74) is -0.184. The molecule has 0 aliphatic carbocycles. The summed E-state index contributed by atoms with van der Waals surface area (Å²) in [6.07, 6.45) is 0. The third kappa shape index (κ3) is 3.05. The number of nitrogens with one attached hydrogen (secondary N) is 1. The zero-order valence-corrected chi connectivity index (χ0v) is 9.99. The van der Waals surface area contributed by atoms with E-state index < -0.39 is 24.3 Å². The van der Waals surface area contributed by atoms with Crippen LogP contribution >= 0.6 is 22.6 Å². The minimum Gasteiger partial charge on any atom is -0.480 e. The molecule has 0 aliphatic heterocycles. The van der Waals surface area contributed by atoms with Gasteiger partial charge in [-0.15, -0.1) is 0 Å². The smallest absolute Gasteiger partial charge is 0.336 e. The largest absolute Gasteiger partial charge is 0.480 e. The van der Waals surface area contributed by atoms with Crippen LogP contribution in [0.2, 0.25) is 0 Å². The van der Waals surface area contributed by atoms with Gasteiger partial charge in [0.15, 0.2) is 0 Å². The number of hydrogen-bond acceptors (Lipinski definition) is 3. The van der Waals surface area contributed by atoms with Crippen molar-refractivity contribution in [1.29, 1.82) is 0 Å². The van der Waals surface area contributed by atoms with Crippen molar-refractivity contribution in [3.05, 3.63) is 27.1 Å². The second-order valence-electron chi connectivity index (χ2n) is 2.86. The van der Waals surface area contributed by atoms with Gasteiger partial charge < -0.3 is 15.5 Å². The minimum atomic E-state index is -1.23. The molecule has 3 N–H and O–H groups in total. The van der Waals surface area contributed by atoms with Crippen LogP contribution in [-0.2, 0) is 4.79 Å². The van der Waals surface area contributed by atoms with Gasteiger partial charge in [-0.3, -0.25) is 4.79 Å². The fraction of sp³-hybridized carbons (Fsp3) is 0.111. The average Bonchev–Trinajstić information content (AvgIpc) is 2.18. The number of rotatable bonds is 4. The maximum absolute atomic E-state index is 13.3. The number of carboxylic acids is 2. The van der Waals surface area contributed by atoms with Crippen LogP contribution in [0.15, 0.2) is 12.1 Å². The molecule has 0 saturated heterocycles. The fourth-order valence-electron chi connectivity index (χ4n) is 1.02. The van der Waals surface area contributed by atoms with Crippen LogP contribution in [0.25, 0.3) is 0 Å². The van der Waals surface area contributed by atoms with E-state index in [1.807, 2.05) is 0 Å². The molecule has 0 bridgehead atoms. The lowest BCUT2D eigenvalue weighted by molar-refractivity contribution is -0.134. The van der Waals surface area contributed by atoms with Crippen molar-refractivity contribution >= 4 is 40.2 Å². The maximum Gasteiger partial charge on any atom is 0.336 e. The van der Waals surface area contributed by atoms with Crippen molar-refractivity contribution in [1.82, 2.24) is 0 Å². The molecule has 0 radical (unpaired) electrons. The fourth-order valence-corrected chi connectivity index (χ4v) is 1.71. The third-order valence-corrected chi connectivity index (χ3v) is 2.61. The lowest BCUT2D eigenvalue weighted by Crippen LogP contribution is -2.14. The summed E-state index contributed by atoms with van der Waals surface area (Å²) in [7, 11) is 0. The van der Waals surface area contributed by atoms with Crippen molar-refractivity contribution < 1.29 is 24.2 Å². The summed E-state index contributed by atoms with van der Waals surface area (Å²) >= 11 is 1.74. The van der Waals surface area contributed by atoms with E-state index in [2.05, 4.69) is 5.32 Å². The molecular weight excluding hydrogens is 332 g/mol. The minimum absolute atomic E-state index is 0.0307. The lowest BCUT2D eigenvalue weighted by atomic mass is 10.2. The zero-order valence-electron chi connectivity index (χ0n) is 7.83. The van der Waals surface area contributed by atoms with Crippen LogP contribution in [0.5, 0.6) is 0 Å². The number of carbonyl (C=O) groups is 2. The quantitative estimate of drug-likeness (QED) is 0.726. The number of anilines is 1. The predicted octanol–water partition coefficient (Wildman–Crippen LogP) is 1.63. The van der Waals surface area contributed by atoms with Crippen LogP contribution in [0.1, 0.15) is 10.4 Å². The van der Waals surface area contributed by atoms with Gasteiger partial charge in [0.2, 0.25) is 0 Å². The topological polar surface area (TPSA) is 86.6 Å². The second kappa shape index (κ2) is 5.10. The molecule has 0 spiro atoms. The second-order valence-corrected chi connectivity index (χ2v) is 4.03. The molecular formula is C9H7FINO4. The van der Waals surface area contributed by atoms with Gasteiger partial charge in [0, 0.05) is 3.57 Å². The van der Waals surface area contributed by atoms with E-state index in [0.717, 1.165) is 6.07 Å². The molecule has 7 heteroatoms. The molecule has 86 valence electrons. The number of carboxylic acid groups (broad SMARTS) is 2. The van der Waals surface area contributed by atoms with Gasteiger partial charge in [-0.2, -0.15) is 0 Å². The molecule has 0 aliphatic rings. The Morgan fingerprint density at radius 1 is 1.38 bits per heavy atom. The molecule has 1 aromatic rings. The van der Waals surface area contributed by atoms with Crippen molar-refractivity contribution in [2.75, 3.05) is 11.9 Å². The Kier molecular flexibility index (Phi) is 4.05. The van der Waals surface area contributed by atoms with E-state index in [4.69, 9.17) is 10.2 Å². The highest BCUT2D eigenvalue weighted by molar-refractivity contribution is 14.1. The maximum atomic E-state index is 13.3. The molecule has 16 heavy (non-hydrogen) atoms. The Hall–Kier alpha value is -1.38. The molecule has 0 unspecified atom stereocenters. The van der Waals surface area contributed by atoms with E-state index in [0.29, 0.717) is 3.57 Å². The average molecular weight is 339 g/mol. The normalized spacial score (nSPS) is 9.88. The van der Waals surface area contributed by atoms with Crippen molar-refractivity contribution in [3.63, 3.8) is 0 Å². The van der Waals surface area contributed by atoms with Gasteiger partial charge in [0.05, 0.1) is 11.3 Å². The number of aromatic carboxylic acids is 1. The molecule has 0 saturated carbocycles. The standard InChI is InChI=1S/C9H7FINO4/c10-5-1-4(9(15)16)6(11)2-7(5)12-3-8(13)14/h1-2,12H,3H2,(H,13,14)(H,15,16). The number of hydrogen-bond donors (Lipinski definition) is 3. The van der Waals surface area contributed by atoms with Gasteiger partial charge in [-0.1, -0.05) is 0 Å². The summed E-state index contributed by atoms with van der Waals surface area (Å²) in [6.45, 7) is -0.431. The summed E-state index contributed by atoms with van der Waals surface area (Å²) in [5.74, 6) is -3.15. The van der Waals surface area contributed by atoms with Crippen LogP contribution in [-0.4, -0.2) is 28.7 Å².